The number of likely N-dealkylation sites (tertiary alicyclic amines) is 2. The molecule has 2 aromatic carbocycles. The monoisotopic (exact) mass is 481 g/mol. The lowest BCUT2D eigenvalue weighted by molar-refractivity contribution is -0.137. The molecule has 2 heterocycles. The quantitative estimate of drug-likeness (QED) is 0.481. The molecule has 35 heavy (non-hydrogen) atoms. The molecule has 4 rings (SSSR count). The van der Waals surface area contributed by atoms with Crippen LogP contribution in [0.2, 0.25) is 0 Å². The number of nitrogens with zero attached hydrogens (tertiary/aromatic N) is 2. The molecule has 188 valence electrons. The Hall–Kier alpha value is -2.77. The first-order valence-electron chi connectivity index (χ1n) is 12.5. The van der Waals surface area contributed by atoms with Crippen LogP contribution in [-0.4, -0.2) is 59.6 Å². The third-order valence-corrected chi connectivity index (χ3v) is 7.29. The van der Waals surface area contributed by atoms with Crippen molar-refractivity contribution in [1.29, 1.82) is 0 Å². The van der Waals surface area contributed by atoms with Crippen LogP contribution >= 0.6 is 0 Å². The van der Waals surface area contributed by atoms with E-state index >= 15 is 4.39 Å². The van der Waals surface area contributed by atoms with Crippen molar-refractivity contribution in [2.45, 2.75) is 64.3 Å². The Morgan fingerprint density at radius 2 is 1.77 bits per heavy atom. The van der Waals surface area contributed by atoms with E-state index in [9.17, 15) is 9.59 Å². The van der Waals surface area contributed by atoms with Crippen molar-refractivity contribution < 1.29 is 18.7 Å². The third-order valence-electron chi connectivity index (χ3n) is 7.29. The molecule has 4 atom stereocenters. The van der Waals surface area contributed by atoms with Gasteiger partial charge in [0.25, 0.3) is 0 Å². The average Bonchev–Trinajstić information content (AvgIpc) is 3.20. The van der Waals surface area contributed by atoms with Crippen LogP contribution in [0, 0.1) is 12.8 Å². The number of nitrogens with two attached hydrogens (primary N) is 1. The number of benzene rings is 2. The normalized spacial score (nSPS) is 24.1. The minimum atomic E-state index is -1.06. The lowest BCUT2D eigenvalue weighted by Crippen LogP contribution is -2.49. The van der Waals surface area contributed by atoms with Crippen molar-refractivity contribution in [3.05, 3.63) is 65.2 Å². The number of esters is 1. The largest absolute Gasteiger partial charge is 0.425 e. The van der Waals surface area contributed by atoms with Crippen molar-refractivity contribution in [1.82, 2.24) is 9.80 Å². The van der Waals surface area contributed by atoms with Crippen LogP contribution in [0.3, 0.4) is 0 Å². The predicted octanol–water partition coefficient (Wildman–Crippen LogP) is 3.81. The van der Waals surface area contributed by atoms with Crippen LogP contribution in [0.1, 0.15) is 49.3 Å². The number of carbonyl (C=O) groups is 2. The zero-order valence-corrected chi connectivity index (χ0v) is 20.8. The predicted molar refractivity (Wildman–Crippen MR) is 134 cm³/mol. The molecular formula is C28H36FN3O3. The van der Waals surface area contributed by atoms with E-state index in [-0.39, 0.29) is 30.3 Å². The Bertz CT molecular complexity index is 1020. The van der Waals surface area contributed by atoms with Crippen LogP contribution in [0.4, 0.5) is 4.39 Å². The summed E-state index contributed by atoms with van der Waals surface area (Å²) in [4.78, 5) is 29.0. The lowest BCUT2D eigenvalue weighted by Gasteiger charge is -2.37. The number of rotatable bonds is 7. The number of aryl methyl sites for hydroxylation is 1. The van der Waals surface area contributed by atoms with Crippen molar-refractivity contribution in [2.75, 3.05) is 19.6 Å². The molecule has 0 aromatic heterocycles. The second kappa shape index (κ2) is 10.9. The van der Waals surface area contributed by atoms with Crippen molar-refractivity contribution >= 4 is 11.9 Å². The van der Waals surface area contributed by atoms with Crippen LogP contribution in [-0.2, 0) is 16.1 Å². The fourth-order valence-electron chi connectivity index (χ4n) is 4.96. The number of piperidine rings is 1. The van der Waals surface area contributed by atoms with Gasteiger partial charge in [-0.2, -0.15) is 0 Å². The molecule has 0 bridgehead atoms. The molecule has 2 aromatic rings. The van der Waals surface area contributed by atoms with Gasteiger partial charge in [0.1, 0.15) is 18.0 Å². The summed E-state index contributed by atoms with van der Waals surface area (Å²) in [6, 6.07) is 14.3. The molecule has 2 N–H and O–H groups in total. The summed E-state index contributed by atoms with van der Waals surface area (Å²) < 4.78 is 20.6. The first-order valence-corrected chi connectivity index (χ1v) is 12.5. The van der Waals surface area contributed by atoms with Crippen molar-refractivity contribution in [2.24, 2.45) is 11.7 Å². The van der Waals surface area contributed by atoms with Gasteiger partial charge in [-0.15, -0.1) is 0 Å². The van der Waals surface area contributed by atoms with Crippen molar-refractivity contribution in [3.8, 4) is 5.75 Å². The van der Waals surface area contributed by atoms with Gasteiger partial charge in [-0.25, -0.2) is 9.18 Å². The summed E-state index contributed by atoms with van der Waals surface area (Å²) in [5.41, 5.74) is 9.04. The number of ether oxygens (including phenoxy) is 1. The zero-order valence-electron chi connectivity index (χ0n) is 20.8. The van der Waals surface area contributed by atoms with E-state index in [0.717, 1.165) is 17.5 Å². The number of halogens is 1. The Balaban J connectivity index is 1.32. The highest BCUT2D eigenvalue weighted by atomic mass is 19.1. The highest BCUT2D eigenvalue weighted by Gasteiger charge is 2.40. The van der Waals surface area contributed by atoms with Crippen LogP contribution < -0.4 is 10.5 Å². The van der Waals surface area contributed by atoms with Crippen LogP contribution in [0.25, 0.3) is 0 Å². The Morgan fingerprint density at radius 3 is 2.40 bits per heavy atom. The second-order valence-corrected chi connectivity index (χ2v) is 10.2. The van der Waals surface area contributed by atoms with Gasteiger partial charge in [0, 0.05) is 25.6 Å². The van der Waals surface area contributed by atoms with Gasteiger partial charge in [-0.3, -0.25) is 9.69 Å². The molecular weight excluding hydrogens is 445 g/mol. The van der Waals surface area contributed by atoms with Gasteiger partial charge in [-0.1, -0.05) is 55.8 Å². The number of carbonyl (C=O) groups excluding carboxylic acids is 2. The standard InChI is InChI=1S/C28H36FN3O3/c1-18(2)26(30)28(34)35-22-10-8-21(9-11-22)23-12-14-31(17-24(23)29)25-13-15-32(27(25)33)16-20-6-4-19(3)5-7-20/h4-11,18,23-26H,12-17,30H2,1-3H3/t23-,24+,25+,26?/m0/s1. The first-order chi connectivity index (χ1) is 16.7. The minimum Gasteiger partial charge on any atom is -0.425 e. The number of amides is 1. The van der Waals surface area contributed by atoms with Gasteiger partial charge < -0.3 is 15.4 Å². The van der Waals surface area contributed by atoms with E-state index in [2.05, 4.69) is 24.3 Å². The van der Waals surface area contributed by atoms with Gasteiger partial charge >= 0.3 is 5.97 Å². The highest BCUT2D eigenvalue weighted by molar-refractivity contribution is 5.84. The minimum absolute atomic E-state index is 0.0133. The Labute approximate surface area is 207 Å². The molecule has 0 spiro atoms. The van der Waals surface area contributed by atoms with Gasteiger partial charge in [0.15, 0.2) is 0 Å². The molecule has 2 aliphatic rings. The molecule has 2 aliphatic heterocycles. The van der Waals surface area contributed by atoms with E-state index in [1.54, 1.807) is 12.1 Å². The summed E-state index contributed by atoms with van der Waals surface area (Å²) in [6.07, 6.45) is 0.312. The van der Waals surface area contributed by atoms with Crippen LogP contribution in [0.5, 0.6) is 5.75 Å². The lowest BCUT2D eigenvalue weighted by atomic mass is 9.87. The summed E-state index contributed by atoms with van der Waals surface area (Å²) in [6.45, 7) is 8.01. The van der Waals surface area contributed by atoms with E-state index in [0.29, 0.717) is 31.8 Å². The summed E-state index contributed by atoms with van der Waals surface area (Å²) >= 11 is 0. The number of hydrogen-bond donors (Lipinski definition) is 1. The van der Waals surface area contributed by atoms with Gasteiger partial charge in [0.2, 0.25) is 5.91 Å². The average molecular weight is 482 g/mol. The molecule has 6 nitrogen and oxygen atoms in total. The zero-order chi connectivity index (χ0) is 25.1. The Morgan fingerprint density at radius 1 is 1.09 bits per heavy atom. The SMILES string of the molecule is Cc1ccc(CN2CC[C@@H](N3CC[C@@H](c4ccc(OC(=O)C(N)C(C)C)cc4)[C@H](F)C3)C2=O)cc1. The summed E-state index contributed by atoms with van der Waals surface area (Å²) in [5.74, 6) is -0.216. The molecule has 2 fully saturated rings. The molecule has 0 saturated carbocycles. The topological polar surface area (TPSA) is 75.9 Å². The number of hydrogen-bond acceptors (Lipinski definition) is 5. The van der Waals surface area contributed by atoms with Crippen molar-refractivity contribution in [3.63, 3.8) is 0 Å². The fraction of sp³-hybridized carbons (Fsp3) is 0.500. The number of alkyl halides is 1. The molecule has 1 unspecified atom stereocenters. The van der Waals surface area contributed by atoms with Gasteiger partial charge in [0.05, 0.1) is 6.04 Å². The van der Waals surface area contributed by atoms with Crippen LogP contribution in [0.15, 0.2) is 48.5 Å². The molecule has 7 heteroatoms. The smallest absolute Gasteiger partial charge is 0.328 e. The van der Waals surface area contributed by atoms with E-state index < -0.39 is 18.2 Å². The van der Waals surface area contributed by atoms with E-state index in [1.165, 1.54) is 5.56 Å². The maximum Gasteiger partial charge on any atom is 0.328 e. The van der Waals surface area contributed by atoms with Gasteiger partial charge in [-0.05, 0) is 55.5 Å². The fourth-order valence-corrected chi connectivity index (χ4v) is 4.96. The van der Waals surface area contributed by atoms with E-state index in [1.807, 2.05) is 42.7 Å². The summed E-state index contributed by atoms with van der Waals surface area (Å²) in [5, 5.41) is 0. The maximum atomic E-state index is 15.3. The molecule has 1 amide bonds. The maximum absolute atomic E-state index is 15.3. The summed E-state index contributed by atoms with van der Waals surface area (Å²) in [7, 11) is 0. The first kappa shape index (κ1) is 25.3. The third kappa shape index (κ3) is 5.90. The second-order valence-electron chi connectivity index (χ2n) is 10.2. The molecule has 2 saturated heterocycles. The Kier molecular flexibility index (Phi) is 7.87. The molecule has 0 radical (unpaired) electrons. The highest BCUT2D eigenvalue weighted by Crippen LogP contribution is 2.34. The molecule has 0 aliphatic carbocycles. The van der Waals surface area contributed by atoms with E-state index in [4.69, 9.17) is 10.5 Å².